The molecule has 0 aromatic heterocycles. The zero-order valence-corrected chi connectivity index (χ0v) is 25.6. The molecule has 41 heavy (non-hydrogen) atoms. The number of carbonyl (C=O) groups is 2. The lowest BCUT2D eigenvalue weighted by Gasteiger charge is -2.44. The molecule has 9 heteroatoms. The van der Waals surface area contributed by atoms with Crippen molar-refractivity contribution in [1.82, 2.24) is 9.80 Å². The van der Waals surface area contributed by atoms with Crippen molar-refractivity contribution in [2.75, 3.05) is 47.1 Å². The van der Waals surface area contributed by atoms with Crippen LogP contribution in [-0.2, 0) is 9.47 Å². The summed E-state index contributed by atoms with van der Waals surface area (Å²) in [5.74, 6) is 1.70. The van der Waals surface area contributed by atoms with E-state index >= 15 is 0 Å². The smallest absolute Gasteiger partial charge is 0.410 e. The third kappa shape index (κ3) is 9.56. The van der Waals surface area contributed by atoms with Gasteiger partial charge in [-0.1, -0.05) is 18.2 Å². The molecular weight excluding hydrogens is 524 g/mol. The summed E-state index contributed by atoms with van der Waals surface area (Å²) in [6, 6.07) is 14.5. The second-order valence-electron chi connectivity index (χ2n) is 11.6. The van der Waals surface area contributed by atoms with E-state index in [4.69, 9.17) is 23.7 Å². The van der Waals surface area contributed by atoms with Gasteiger partial charge in [0.15, 0.2) is 11.5 Å². The lowest BCUT2D eigenvalue weighted by atomic mass is 9.92. The van der Waals surface area contributed by atoms with Gasteiger partial charge in [0, 0.05) is 50.8 Å². The van der Waals surface area contributed by atoms with E-state index in [9.17, 15) is 9.59 Å². The summed E-state index contributed by atoms with van der Waals surface area (Å²) >= 11 is 0. The Morgan fingerprint density at radius 2 is 1.71 bits per heavy atom. The Morgan fingerprint density at radius 1 is 0.976 bits per heavy atom. The van der Waals surface area contributed by atoms with Crippen molar-refractivity contribution in [3.8, 4) is 17.2 Å². The van der Waals surface area contributed by atoms with E-state index in [1.165, 1.54) is 0 Å². The number of ether oxygens (including phenoxy) is 5. The molecule has 0 aliphatic carbocycles. The number of hydrogen-bond acceptors (Lipinski definition) is 7. The van der Waals surface area contributed by atoms with Crippen LogP contribution in [-0.4, -0.2) is 86.6 Å². The largest absolute Gasteiger partial charge is 0.493 e. The predicted octanol–water partition coefficient (Wildman–Crippen LogP) is 5.67. The molecule has 1 aliphatic rings. The Bertz CT molecular complexity index is 1120. The number of nitrogens with zero attached hydrogens (tertiary/aromatic N) is 2. The number of amides is 2. The predicted molar refractivity (Wildman–Crippen MR) is 158 cm³/mol. The van der Waals surface area contributed by atoms with Gasteiger partial charge in [-0.15, -0.1) is 0 Å². The monoisotopic (exact) mass is 570 g/mol. The molecule has 0 spiro atoms. The molecule has 2 atom stereocenters. The topological polar surface area (TPSA) is 86.8 Å². The minimum Gasteiger partial charge on any atom is -0.493 e. The molecular formula is C32H46N2O7. The Morgan fingerprint density at radius 3 is 2.34 bits per heavy atom. The van der Waals surface area contributed by atoms with Crippen molar-refractivity contribution in [1.29, 1.82) is 0 Å². The number of piperidine rings is 1. The Kier molecular flexibility index (Phi) is 11.7. The summed E-state index contributed by atoms with van der Waals surface area (Å²) < 4.78 is 28.3. The first-order valence-electron chi connectivity index (χ1n) is 14.3. The van der Waals surface area contributed by atoms with Gasteiger partial charge >= 0.3 is 6.09 Å². The third-order valence-electron chi connectivity index (χ3n) is 6.74. The van der Waals surface area contributed by atoms with Gasteiger partial charge in [-0.3, -0.25) is 4.79 Å². The fourth-order valence-corrected chi connectivity index (χ4v) is 4.98. The summed E-state index contributed by atoms with van der Waals surface area (Å²) in [6.45, 7) is 11.8. The zero-order chi connectivity index (χ0) is 30.0. The highest BCUT2D eigenvalue weighted by atomic mass is 16.6. The lowest BCUT2D eigenvalue weighted by Crippen LogP contribution is -2.57. The van der Waals surface area contributed by atoms with Gasteiger partial charge in [0.25, 0.3) is 5.91 Å². The molecule has 2 unspecified atom stereocenters. The van der Waals surface area contributed by atoms with E-state index in [1.54, 1.807) is 37.3 Å². The molecule has 0 N–H and O–H groups in total. The number of hydrogen-bond donors (Lipinski definition) is 0. The van der Waals surface area contributed by atoms with Crippen LogP contribution in [0.2, 0.25) is 0 Å². The van der Waals surface area contributed by atoms with E-state index in [-0.39, 0.29) is 30.0 Å². The quantitative estimate of drug-likeness (QED) is 0.304. The molecule has 2 aromatic rings. The summed E-state index contributed by atoms with van der Waals surface area (Å²) in [6.07, 6.45) is 1.01. The molecule has 0 bridgehead atoms. The zero-order valence-electron chi connectivity index (χ0n) is 25.6. The van der Waals surface area contributed by atoms with Gasteiger partial charge in [0.1, 0.15) is 11.4 Å². The molecule has 1 saturated heterocycles. The highest BCUT2D eigenvalue weighted by Crippen LogP contribution is 2.31. The average Bonchev–Trinajstić information content (AvgIpc) is 2.93. The standard InChI is InChI=1S/C32H46N2O7/c1-23(2)34(30(35)25-14-15-28(38-7)29(19-25)39-17-11-16-37-6)26-18-24(22-40-27-12-9-8-10-13-27)20-33(21-26)31(36)41-32(3,4)5/h8-10,12-15,19,23-24,26H,11,16-18,20-22H2,1-7H3. The molecule has 226 valence electrons. The summed E-state index contributed by atoms with van der Waals surface area (Å²) in [4.78, 5) is 30.8. The normalized spacial score (nSPS) is 17.2. The van der Waals surface area contributed by atoms with Crippen molar-refractivity contribution < 1.29 is 33.3 Å². The first kappa shape index (κ1) is 32.1. The van der Waals surface area contributed by atoms with Gasteiger partial charge in [0.05, 0.1) is 26.4 Å². The van der Waals surface area contributed by atoms with Crippen molar-refractivity contribution in [2.45, 2.75) is 65.1 Å². The van der Waals surface area contributed by atoms with E-state index in [0.717, 1.165) is 5.75 Å². The Balaban J connectivity index is 1.85. The van der Waals surface area contributed by atoms with Crippen LogP contribution in [0.25, 0.3) is 0 Å². The molecule has 0 radical (unpaired) electrons. The highest BCUT2D eigenvalue weighted by Gasteiger charge is 2.38. The average molecular weight is 571 g/mol. The van der Waals surface area contributed by atoms with Crippen LogP contribution in [0.4, 0.5) is 4.79 Å². The number of para-hydroxylation sites is 1. The molecule has 2 aromatic carbocycles. The summed E-state index contributed by atoms with van der Waals surface area (Å²) in [5, 5.41) is 0. The number of benzene rings is 2. The minimum atomic E-state index is -0.629. The maximum absolute atomic E-state index is 14.0. The SMILES string of the molecule is COCCCOc1cc(C(=O)N(C(C)C)C2CC(COc3ccccc3)CN(C(=O)OC(C)(C)C)C2)ccc1OC. The Labute approximate surface area is 244 Å². The molecule has 9 nitrogen and oxygen atoms in total. The van der Waals surface area contributed by atoms with Gasteiger partial charge < -0.3 is 33.5 Å². The van der Waals surface area contributed by atoms with Crippen molar-refractivity contribution in [3.05, 3.63) is 54.1 Å². The summed E-state index contributed by atoms with van der Waals surface area (Å²) in [7, 11) is 3.22. The second-order valence-corrected chi connectivity index (χ2v) is 11.6. The molecule has 1 fully saturated rings. The lowest BCUT2D eigenvalue weighted by molar-refractivity contribution is -0.00552. The first-order valence-corrected chi connectivity index (χ1v) is 14.3. The van der Waals surface area contributed by atoms with Gasteiger partial charge in [0.2, 0.25) is 0 Å². The number of likely N-dealkylation sites (tertiary alicyclic amines) is 1. The molecule has 0 saturated carbocycles. The molecule has 1 heterocycles. The number of carbonyl (C=O) groups excluding carboxylic acids is 2. The summed E-state index contributed by atoms with van der Waals surface area (Å²) in [5.41, 5.74) is -0.135. The van der Waals surface area contributed by atoms with Crippen LogP contribution < -0.4 is 14.2 Å². The van der Waals surface area contributed by atoms with E-state index in [2.05, 4.69) is 0 Å². The van der Waals surface area contributed by atoms with Crippen LogP contribution >= 0.6 is 0 Å². The van der Waals surface area contributed by atoms with Gasteiger partial charge in [-0.05, 0) is 71.4 Å². The number of methoxy groups -OCH3 is 2. The maximum atomic E-state index is 14.0. The minimum absolute atomic E-state index is 0.00562. The third-order valence-corrected chi connectivity index (χ3v) is 6.74. The molecule has 3 rings (SSSR count). The molecule has 2 amide bonds. The highest BCUT2D eigenvalue weighted by molar-refractivity contribution is 5.95. The fourth-order valence-electron chi connectivity index (χ4n) is 4.98. The van der Waals surface area contributed by atoms with Gasteiger partial charge in [-0.25, -0.2) is 4.79 Å². The van der Waals surface area contributed by atoms with Gasteiger partial charge in [-0.2, -0.15) is 0 Å². The fraction of sp³-hybridized carbons (Fsp3) is 0.562. The van der Waals surface area contributed by atoms with Crippen molar-refractivity contribution in [2.24, 2.45) is 5.92 Å². The van der Waals surface area contributed by atoms with Crippen LogP contribution in [0.1, 0.15) is 57.8 Å². The van der Waals surface area contributed by atoms with E-state index in [0.29, 0.717) is 62.8 Å². The van der Waals surface area contributed by atoms with Crippen molar-refractivity contribution in [3.63, 3.8) is 0 Å². The molecule has 1 aliphatic heterocycles. The van der Waals surface area contributed by atoms with E-state index < -0.39 is 5.60 Å². The number of rotatable bonds is 12. The maximum Gasteiger partial charge on any atom is 0.410 e. The second kappa shape index (κ2) is 15.0. The van der Waals surface area contributed by atoms with Crippen LogP contribution in [0.15, 0.2) is 48.5 Å². The van der Waals surface area contributed by atoms with Crippen LogP contribution in [0.5, 0.6) is 17.2 Å². The Hall–Kier alpha value is -3.46. The van der Waals surface area contributed by atoms with Crippen molar-refractivity contribution >= 4 is 12.0 Å². The first-order chi connectivity index (χ1) is 19.5. The van der Waals surface area contributed by atoms with E-state index in [1.807, 2.05) is 69.9 Å². The van der Waals surface area contributed by atoms with Crippen LogP contribution in [0.3, 0.4) is 0 Å². The van der Waals surface area contributed by atoms with Crippen LogP contribution in [0, 0.1) is 5.92 Å².